The predicted octanol–water partition coefficient (Wildman–Crippen LogP) is 6.85. The molecule has 0 nitrogen and oxygen atoms in total. The van der Waals surface area contributed by atoms with E-state index in [4.69, 9.17) is 0 Å². The Morgan fingerprint density at radius 2 is 1.17 bits per heavy atom. The van der Waals surface area contributed by atoms with Crippen LogP contribution in [0.3, 0.4) is 0 Å². The van der Waals surface area contributed by atoms with Crippen LogP contribution in [0.1, 0.15) is 16.4 Å². The van der Waals surface area contributed by atoms with E-state index in [-0.39, 0.29) is 0 Å². The predicted molar refractivity (Wildman–Crippen MR) is 106 cm³/mol. The Morgan fingerprint density at radius 3 is 1.92 bits per heavy atom. The lowest BCUT2D eigenvalue weighted by atomic mass is 9.96. The SMILES string of the molecule is C1=CC(c2ccccc2)Sc2c1c1ccccc1c1ccccc21. The molecule has 114 valence electrons. The van der Waals surface area contributed by atoms with E-state index >= 15 is 0 Å². The fraction of sp³-hybridized carbons (Fsp3) is 0.0435. The van der Waals surface area contributed by atoms with Crippen molar-refractivity contribution >= 4 is 39.4 Å². The Hall–Kier alpha value is -2.51. The molecule has 5 rings (SSSR count). The van der Waals surface area contributed by atoms with Crippen LogP contribution in [-0.2, 0) is 0 Å². The van der Waals surface area contributed by atoms with Crippen LogP contribution in [0.2, 0.25) is 0 Å². The van der Waals surface area contributed by atoms with Crippen LogP contribution < -0.4 is 0 Å². The maximum atomic E-state index is 2.34. The van der Waals surface area contributed by atoms with E-state index in [1.165, 1.54) is 37.6 Å². The van der Waals surface area contributed by atoms with Crippen LogP contribution in [0.25, 0.3) is 27.6 Å². The lowest BCUT2D eigenvalue weighted by Crippen LogP contribution is -1.98. The van der Waals surface area contributed by atoms with Gasteiger partial charge in [0.25, 0.3) is 0 Å². The first kappa shape index (κ1) is 13.9. The first-order valence-electron chi connectivity index (χ1n) is 8.25. The van der Waals surface area contributed by atoms with Crippen molar-refractivity contribution in [3.63, 3.8) is 0 Å². The van der Waals surface area contributed by atoms with E-state index in [0.717, 1.165) is 0 Å². The van der Waals surface area contributed by atoms with Crippen molar-refractivity contribution in [3.8, 4) is 0 Å². The minimum absolute atomic E-state index is 0.378. The normalized spacial score (nSPS) is 16.4. The average Bonchev–Trinajstić information content (AvgIpc) is 2.68. The summed E-state index contributed by atoms with van der Waals surface area (Å²) < 4.78 is 0. The van der Waals surface area contributed by atoms with Gasteiger partial charge in [-0.05, 0) is 32.7 Å². The molecule has 0 fully saturated rings. The molecule has 1 atom stereocenters. The smallest absolute Gasteiger partial charge is 0.0528 e. The van der Waals surface area contributed by atoms with Crippen LogP contribution in [0.15, 0.2) is 89.8 Å². The van der Waals surface area contributed by atoms with Crippen molar-refractivity contribution in [3.05, 3.63) is 96.1 Å². The molecule has 0 N–H and O–H groups in total. The summed E-state index contributed by atoms with van der Waals surface area (Å²) in [7, 11) is 0. The van der Waals surface area contributed by atoms with Crippen molar-refractivity contribution < 1.29 is 0 Å². The molecule has 0 aliphatic carbocycles. The van der Waals surface area contributed by atoms with Gasteiger partial charge in [-0.3, -0.25) is 0 Å². The van der Waals surface area contributed by atoms with Gasteiger partial charge >= 0.3 is 0 Å². The fourth-order valence-electron chi connectivity index (χ4n) is 3.60. The molecule has 0 amide bonds. The Kier molecular flexibility index (Phi) is 3.20. The molecule has 0 aromatic heterocycles. The highest BCUT2D eigenvalue weighted by molar-refractivity contribution is 8.00. The third kappa shape index (κ3) is 2.09. The molecule has 1 heteroatoms. The van der Waals surface area contributed by atoms with Gasteiger partial charge < -0.3 is 0 Å². The van der Waals surface area contributed by atoms with Gasteiger partial charge in [0.2, 0.25) is 0 Å². The van der Waals surface area contributed by atoms with Gasteiger partial charge in [0.1, 0.15) is 0 Å². The van der Waals surface area contributed by atoms with Gasteiger partial charge in [0.05, 0.1) is 5.25 Å². The number of fused-ring (bicyclic) bond motifs is 6. The van der Waals surface area contributed by atoms with Crippen LogP contribution in [0, 0.1) is 0 Å². The van der Waals surface area contributed by atoms with Gasteiger partial charge in [-0.15, -0.1) is 11.8 Å². The minimum atomic E-state index is 0.378. The third-order valence-corrected chi connectivity index (χ3v) is 6.09. The monoisotopic (exact) mass is 324 g/mol. The minimum Gasteiger partial charge on any atom is -0.112 e. The van der Waals surface area contributed by atoms with E-state index in [9.17, 15) is 0 Å². The number of rotatable bonds is 1. The lowest BCUT2D eigenvalue weighted by Gasteiger charge is -2.23. The number of thioether (sulfide) groups is 1. The molecule has 4 aromatic rings. The van der Waals surface area contributed by atoms with Crippen molar-refractivity contribution in [1.82, 2.24) is 0 Å². The summed E-state index contributed by atoms with van der Waals surface area (Å²) in [6.45, 7) is 0. The first-order chi connectivity index (χ1) is 11.9. The molecule has 0 saturated carbocycles. The van der Waals surface area contributed by atoms with Crippen molar-refractivity contribution in [2.75, 3.05) is 0 Å². The van der Waals surface area contributed by atoms with Crippen molar-refractivity contribution in [2.45, 2.75) is 10.1 Å². The van der Waals surface area contributed by atoms with Crippen LogP contribution >= 0.6 is 11.8 Å². The maximum Gasteiger partial charge on any atom is 0.0528 e. The molecule has 1 aliphatic rings. The Morgan fingerprint density at radius 1 is 0.583 bits per heavy atom. The third-order valence-electron chi connectivity index (χ3n) is 4.73. The van der Waals surface area contributed by atoms with Crippen molar-refractivity contribution in [2.24, 2.45) is 0 Å². The van der Waals surface area contributed by atoms with Crippen molar-refractivity contribution in [1.29, 1.82) is 0 Å². The molecular formula is C23H16S. The zero-order chi connectivity index (χ0) is 15.9. The fourth-order valence-corrected chi connectivity index (χ4v) is 4.91. The summed E-state index contributed by atoms with van der Waals surface area (Å²) >= 11 is 1.97. The summed E-state index contributed by atoms with van der Waals surface area (Å²) in [5.74, 6) is 0. The molecule has 1 aliphatic heterocycles. The molecule has 24 heavy (non-hydrogen) atoms. The summed E-state index contributed by atoms with van der Waals surface area (Å²) in [5.41, 5.74) is 2.73. The molecule has 0 saturated heterocycles. The summed E-state index contributed by atoms with van der Waals surface area (Å²) in [6, 6.07) is 28.3. The Balaban J connectivity index is 1.80. The summed E-state index contributed by atoms with van der Waals surface area (Å²) in [6.07, 6.45) is 4.65. The summed E-state index contributed by atoms with van der Waals surface area (Å²) in [4.78, 5) is 1.40. The molecule has 1 heterocycles. The maximum absolute atomic E-state index is 2.34. The molecule has 0 bridgehead atoms. The van der Waals surface area contributed by atoms with Crippen LogP contribution in [-0.4, -0.2) is 0 Å². The van der Waals surface area contributed by atoms with Gasteiger partial charge in [-0.2, -0.15) is 0 Å². The highest BCUT2D eigenvalue weighted by Gasteiger charge is 2.20. The van der Waals surface area contributed by atoms with Gasteiger partial charge in [-0.1, -0.05) is 91.0 Å². The number of hydrogen-bond donors (Lipinski definition) is 0. The first-order valence-corrected chi connectivity index (χ1v) is 9.13. The van der Waals surface area contributed by atoms with E-state index in [0.29, 0.717) is 5.25 Å². The topological polar surface area (TPSA) is 0 Å². The highest BCUT2D eigenvalue weighted by atomic mass is 32.2. The van der Waals surface area contributed by atoms with Crippen LogP contribution in [0.5, 0.6) is 0 Å². The number of benzene rings is 4. The standard InChI is InChI=1S/C23H16S/c1-2-8-16(9-3-1)22-15-14-21-19-12-5-4-10-17(19)18-11-6-7-13-20(18)23(21)24-22/h1-15,22H. The second kappa shape index (κ2) is 5.54. The zero-order valence-corrected chi connectivity index (χ0v) is 14.0. The van der Waals surface area contributed by atoms with Gasteiger partial charge in [0, 0.05) is 4.90 Å². The molecule has 1 unspecified atom stereocenters. The van der Waals surface area contributed by atoms with Gasteiger partial charge in [0.15, 0.2) is 0 Å². The van der Waals surface area contributed by atoms with Crippen LogP contribution in [0.4, 0.5) is 0 Å². The number of hydrogen-bond acceptors (Lipinski definition) is 1. The van der Waals surface area contributed by atoms with E-state index in [1.807, 2.05) is 11.8 Å². The van der Waals surface area contributed by atoms with Gasteiger partial charge in [-0.25, -0.2) is 0 Å². The molecule has 0 radical (unpaired) electrons. The highest BCUT2D eigenvalue weighted by Crippen LogP contribution is 2.48. The van der Waals surface area contributed by atoms with E-state index in [2.05, 4.69) is 91.0 Å². The second-order valence-electron chi connectivity index (χ2n) is 6.14. The lowest BCUT2D eigenvalue weighted by molar-refractivity contribution is 1.22. The Bertz CT molecular complexity index is 1080. The second-order valence-corrected chi connectivity index (χ2v) is 7.29. The van der Waals surface area contributed by atoms with E-state index < -0.39 is 0 Å². The zero-order valence-electron chi connectivity index (χ0n) is 13.1. The Labute approximate surface area is 145 Å². The summed E-state index contributed by atoms with van der Waals surface area (Å²) in [5, 5.41) is 5.78. The average molecular weight is 324 g/mol. The molecule has 0 spiro atoms. The largest absolute Gasteiger partial charge is 0.112 e. The van der Waals surface area contributed by atoms with E-state index in [1.54, 1.807) is 0 Å². The molecule has 4 aromatic carbocycles. The molecular weight excluding hydrogens is 308 g/mol. The quantitative estimate of drug-likeness (QED) is 0.345.